The molecule has 11 nitrogen and oxygen atoms in total. The molecule has 2 heterocycles. The van der Waals surface area contributed by atoms with Crippen LogP contribution < -0.4 is 21.1 Å². The van der Waals surface area contributed by atoms with E-state index in [0.717, 1.165) is 12.1 Å². The van der Waals surface area contributed by atoms with Gasteiger partial charge in [0.1, 0.15) is 28.8 Å². The molecule has 35 heavy (non-hydrogen) atoms. The van der Waals surface area contributed by atoms with Gasteiger partial charge in [0.05, 0.1) is 31.3 Å². The molecule has 1 aliphatic heterocycles. The monoisotopic (exact) mass is 533 g/mol. The first kappa shape index (κ1) is 26.5. The van der Waals surface area contributed by atoms with Gasteiger partial charge in [-0.3, -0.25) is 14.9 Å². The van der Waals surface area contributed by atoms with E-state index in [-0.39, 0.29) is 40.3 Å². The fourth-order valence-corrected chi connectivity index (χ4v) is 4.03. The molecule has 3 rings (SSSR count). The normalized spacial score (nSPS) is 14.3. The first-order chi connectivity index (χ1) is 16.7. The number of halogens is 3. The number of carbonyl (C=O) groups excluding carboxylic acids is 3. The summed E-state index contributed by atoms with van der Waals surface area (Å²) in [5.74, 6) is -3.50. The number of aromatic nitrogens is 1. The highest BCUT2D eigenvalue weighted by Crippen LogP contribution is 2.31. The van der Waals surface area contributed by atoms with Crippen molar-refractivity contribution < 1.29 is 37.7 Å². The summed E-state index contributed by atoms with van der Waals surface area (Å²) in [7, 11) is 0. The zero-order valence-electron chi connectivity index (χ0n) is 18.2. The van der Waals surface area contributed by atoms with E-state index in [0.29, 0.717) is 37.8 Å². The lowest BCUT2D eigenvalue weighted by Gasteiger charge is -2.27. The van der Waals surface area contributed by atoms with Crippen LogP contribution >= 0.6 is 23.1 Å². The van der Waals surface area contributed by atoms with E-state index in [4.69, 9.17) is 26.8 Å². The molecule has 190 valence electrons. The standard InChI is InChI=1S/C20H22ClF2N5O6S/c21-10-5-13(22)12(14(23)6-10)9-34-18-16(17(24)31)19(35-27-18)26-20(32)25-8-11(29)7-15(30)28-1-3-33-4-2-28/h5-6,11,29H,1-4,7-9H2,(H2,24,31)(H2,25,26,32). The molecule has 5 N–H and O–H groups in total. The van der Waals surface area contributed by atoms with E-state index in [1.807, 2.05) is 0 Å². The molecule has 1 saturated heterocycles. The average Bonchev–Trinajstić information content (AvgIpc) is 3.20. The average molecular weight is 534 g/mol. The third-order valence-electron chi connectivity index (χ3n) is 4.87. The van der Waals surface area contributed by atoms with Gasteiger partial charge in [0.2, 0.25) is 11.8 Å². The van der Waals surface area contributed by atoms with Crippen LogP contribution in [0.5, 0.6) is 5.88 Å². The highest BCUT2D eigenvalue weighted by Gasteiger charge is 2.24. The molecular weight excluding hydrogens is 512 g/mol. The number of primary amides is 1. The molecule has 1 unspecified atom stereocenters. The number of urea groups is 1. The lowest BCUT2D eigenvalue weighted by atomic mass is 10.2. The predicted octanol–water partition coefficient (Wildman–Crippen LogP) is 1.48. The number of nitrogens with zero attached hydrogens (tertiary/aromatic N) is 2. The van der Waals surface area contributed by atoms with Gasteiger partial charge in [0, 0.05) is 24.7 Å². The molecular formula is C20H22ClF2N5O6S. The number of hydrogen-bond acceptors (Lipinski definition) is 8. The highest BCUT2D eigenvalue weighted by molar-refractivity contribution is 7.11. The van der Waals surface area contributed by atoms with Crippen molar-refractivity contribution in [1.29, 1.82) is 0 Å². The number of hydrogen-bond donors (Lipinski definition) is 4. The summed E-state index contributed by atoms with van der Waals surface area (Å²) in [6, 6.07) is 0.995. The van der Waals surface area contributed by atoms with Gasteiger partial charge in [-0.05, 0) is 23.7 Å². The van der Waals surface area contributed by atoms with Crippen LogP contribution in [0.15, 0.2) is 12.1 Å². The molecule has 0 aliphatic carbocycles. The lowest BCUT2D eigenvalue weighted by molar-refractivity contribution is -0.137. The number of nitrogens with two attached hydrogens (primary N) is 1. The van der Waals surface area contributed by atoms with Crippen LogP contribution in [0.3, 0.4) is 0 Å². The number of aliphatic hydroxyl groups excluding tert-OH is 1. The zero-order chi connectivity index (χ0) is 25.5. The fraction of sp³-hybridized carbons (Fsp3) is 0.400. The predicted molar refractivity (Wildman–Crippen MR) is 121 cm³/mol. The van der Waals surface area contributed by atoms with Crippen LogP contribution in [0.1, 0.15) is 22.3 Å². The van der Waals surface area contributed by atoms with Gasteiger partial charge in [-0.2, -0.15) is 4.37 Å². The van der Waals surface area contributed by atoms with Crippen molar-refractivity contribution >= 4 is 46.0 Å². The van der Waals surface area contributed by atoms with Crippen molar-refractivity contribution in [1.82, 2.24) is 14.6 Å². The molecule has 0 spiro atoms. The number of aliphatic hydroxyl groups is 1. The maximum atomic E-state index is 14.0. The second kappa shape index (κ2) is 12.1. The summed E-state index contributed by atoms with van der Waals surface area (Å²) >= 11 is 6.24. The Kier molecular flexibility index (Phi) is 9.14. The van der Waals surface area contributed by atoms with E-state index in [2.05, 4.69) is 15.0 Å². The first-order valence-electron chi connectivity index (χ1n) is 10.3. The summed E-state index contributed by atoms with van der Waals surface area (Å²) in [4.78, 5) is 37.8. The van der Waals surface area contributed by atoms with Crippen molar-refractivity contribution in [2.45, 2.75) is 19.1 Å². The van der Waals surface area contributed by atoms with Crippen LogP contribution in [0.2, 0.25) is 5.02 Å². The van der Waals surface area contributed by atoms with Gasteiger partial charge in [0.15, 0.2) is 0 Å². The Morgan fingerprint density at radius 3 is 2.57 bits per heavy atom. The van der Waals surface area contributed by atoms with Crippen LogP contribution in [-0.4, -0.2) is 71.2 Å². The number of ether oxygens (including phenoxy) is 2. The number of carbonyl (C=O) groups is 3. The van der Waals surface area contributed by atoms with E-state index >= 15 is 0 Å². The molecule has 0 bridgehead atoms. The minimum Gasteiger partial charge on any atom is -0.471 e. The maximum Gasteiger partial charge on any atom is 0.320 e. The number of benzene rings is 1. The summed E-state index contributed by atoms with van der Waals surface area (Å²) in [5, 5.41) is 14.6. The SMILES string of the molecule is NC(=O)c1c(OCc2c(F)cc(Cl)cc2F)nsc1NC(=O)NCC(O)CC(=O)N1CCOCC1. The van der Waals surface area contributed by atoms with Crippen molar-refractivity contribution in [3.63, 3.8) is 0 Å². The summed E-state index contributed by atoms with van der Waals surface area (Å²) in [5.41, 5.74) is 4.61. The van der Waals surface area contributed by atoms with E-state index in [1.54, 1.807) is 4.90 Å². The molecule has 0 radical (unpaired) electrons. The Morgan fingerprint density at radius 1 is 1.29 bits per heavy atom. The number of amides is 4. The Morgan fingerprint density at radius 2 is 1.94 bits per heavy atom. The molecule has 4 amide bonds. The third-order valence-corrected chi connectivity index (χ3v) is 5.83. The van der Waals surface area contributed by atoms with E-state index < -0.39 is 41.8 Å². The third kappa shape index (κ3) is 7.21. The van der Waals surface area contributed by atoms with Crippen LogP contribution in [0, 0.1) is 11.6 Å². The van der Waals surface area contributed by atoms with Crippen LogP contribution in [-0.2, 0) is 16.1 Å². The van der Waals surface area contributed by atoms with Gasteiger partial charge in [-0.15, -0.1) is 0 Å². The molecule has 2 aromatic rings. The van der Waals surface area contributed by atoms with Gasteiger partial charge < -0.3 is 30.5 Å². The molecule has 1 fully saturated rings. The van der Waals surface area contributed by atoms with Crippen molar-refractivity contribution in [2.75, 3.05) is 38.2 Å². The van der Waals surface area contributed by atoms with Crippen molar-refractivity contribution in [3.8, 4) is 5.88 Å². The first-order valence-corrected chi connectivity index (χ1v) is 11.4. The van der Waals surface area contributed by atoms with Crippen molar-refractivity contribution in [3.05, 3.63) is 39.9 Å². The highest BCUT2D eigenvalue weighted by atomic mass is 35.5. The quantitative estimate of drug-likeness (QED) is 0.380. The van der Waals surface area contributed by atoms with E-state index in [1.165, 1.54) is 0 Å². The maximum absolute atomic E-state index is 14.0. The zero-order valence-corrected chi connectivity index (χ0v) is 19.8. The smallest absolute Gasteiger partial charge is 0.320 e. The van der Waals surface area contributed by atoms with Gasteiger partial charge in [-0.1, -0.05) is 11.6 Å². The van der Waals surface area contributed by atoms with Gasteiger partial charge in [-0.25, -0.2) is 13.6 Å². The van der Waals surface area contributed by atoms with Crippen LogP contribution in [0.25, 0.3) is 0 Å². The Labute approximate surface area is 207 Å². The number of nitrogens with one attached hydrogen (secondary N) is 2. The Hall–Kier alpha value is -3.07. The fourth-order valence-electron chi connectivity index (χ4n) is 3.10. The minimum absolute atomic E-state index is 0.0825. The molecule has 15 heteroatoms. The lowest BCUT2D eigenvalue weighted by Crippen LogP contribution is -2.43. The molecule has 1 aromatic heterocycles. The second-order valence-electron chi connectivity index (χ2n) is 7.38. The molecule has 1 aliphatic rings. The number of morpholine rings is 1. The topological polar surface area (TPSA) is 156 Å². The molecule has 0 saturated carbocycles. The summed E-state index contributed by atoms with van der Waals surface area (Å²) < 4.78 is 42.2. The van der Waals surface area contributed by atoms with Gasteiger partial charge in [0.25, 0.3) is 5.91 Å². The van der Waals surface area contributed by atoms with Crippen LogP contribution in [0.4, 0.5) is 18.6 Å². The largest absolute Gasteiger partial charge is 0.471 e. The second-order valence-corrected chi connectivity index (χ2v) is 8.59. The van der Waals surface area contributed by atoms with E-state index in [9.17, 15) is 28.3 Å². The van der Waals surface area contributed by atoms with Gasteiger partial charge >= 0.3 is 6.03 Å². The molecule has 1 aromatic carbocycles. The summed E-state index contributed by atoms with van der Waals surface area (Å²) in [6.45, 7) is 0.855. The minimum atomic E-state index is -1.14. The molecule has 1 atom stereocenters. The van der Waals surface area contributed by atoms with Crippen molar-refractivity contribution in [2.24, 2.45) is 5.73 Å². The number of anilines is 1. The Balaban J connectivity index is 1.55. The summed E-state index contributed by atoms with van der Waals surface area (Å²) in [6.07, 6.45) is -1.33. The Bertz CT molecular complexity index is 1070. The number of rotatable bonds is 9.